The van der Waals surface area contributed by atoms with E-state index in [2.05, 4.69) is 24.4 Å². The number of para-hydroxylation sites is 1. The number of halogens is 1. The summed E-state index contributed by atoms with van der Waals surface area (Å²) >= 11 is 6.13. The minimum atomic E-state index is -0.841. The summed E-state index contributed by atoms with van der Waals surface area (Å²) in [5, 5.41) is 16.6. The summed E-state index contributed by atoms with van der Waals surface area (Å²) in [5.41, 5.74) is 2.27. The molecule has 1 heterocycles. The van der Waals surface area contributed by atoms with Crippen LogP contribution in [0.25, 0.3) is 10.9 Å². The van der Waals surface area contributed by atoms with Crippen LogP contribution in [-0.4, -0.2) is 16.1 Å². The van der Waals surface area contributed by atoms with Gasteiger partial charge in [-0.2, -0.15) is 0 Å². The number of anilines is 1. The Morgan fingerprint density at radius 3 is 2.85 bits per heavy atom. The van der Waals surface area contributed by atoms with Crippen LogP contribution in [0.2, 0.25) is 5.02 Å². The van der Waals surface area contributed by atoms with E-state index in [0.29, 0.717) is 11.4 Å². The van der Waals surface area contributed by atoms with Crippen molar-refractivity contribution in [1.29, 1.82) is 0 Å². The molecule has 0 radical (unpaired) electrons. The molecule has 1 saturated carbocycles. The highest BCUT2D eigenvalue weighted by Gasteiger charge is 2.36. The molecule has 4 heteroatoms. The lowest BCUT2D eigenvalue weighted by Gasteiger charge is -2.38. The van der Waals surface area contributed by atoms with Gasteiger partial charge in [0.1, 0.15) is 5.82 Å². The monoisotopic (exact) mass is 366 g/mol. The van der Waals surface area contributed by atoms with Crippen molar-refractivity contribution in [3.63, 3.8) is 0 Å². The summed E-state index contributed by atoms with van der Waals surface area (Å²) in [4.78, 5) is 4.75. The molecular formula is C22H23ClN2O. The predicted octanol–water partition coefficient (Wildman–Crippen LogP) is 5.44. The van der Waals surface area contributed by atoms with Gasteiger partial charge < -0.3 is 10.4 Å². The van der Waals surface area contributed by atoms with E-state index in [-0.39, 0.29) is 6.04 Å². The van der Waals surface area contributed by atoms with E-state index in [9.17, 15) is 5.11 Å². The smallest absolute Gasteiger partial charge is 0.127 e. The van der Waals surface area contributed by atoms with Gasteiger partial charge >= 0.3 is 0 Å². The minimum Gasteiger partial charge on any atom is -0.385 e. The van der Waals surface area contributed by atoms with Crippen molar-refractivity contribution in [1.82, 2.24) is 4.98 Å². The second kappa shape index (κ2) is 6.90. The van der Waals surface area contributed by atoms with Crippen LogP contribution >= 0.6 is 11.6 Å². The topological polar surface area (TPSA) is 45.1 Å². The van der Waals surface area contributed by atoms with Gasteiger partial charge in [-0.1, -0.05) is 41.9 Å². The maximum atomic E-state index is 11.2. The van der Waals surface area contributed by atoms with Crippen LogP contribution in [0, 0.1) is 6.92 Å². The van der Waals surface area contributed by atoms with Gasteiger partial charge in [0.15, 0.2) is 0 Å². The first kappa shape index (κ1) is 17.3. The molecule has 134 valence electrons. The molecule has 2 atom stereocenters. The van der Waals surface area contributed by atoms with Crippen molar-refractivity contribution >= 4 is 28.3 Å². The van der Waals surface area contributed by atoms with Crippen LogP contribution in [0.4, 0.5) is 5.82 Å². The van der Waals surface area contributed by atoms with E-state index in [4.69, 9.17) is 16.6 Å². The Hall–Kier alpha value is -2.10. The molecule has 2 aromatic carbocycles. The molecule has 1 aromatic heterocycles. The Kier molecular flexibility index (Phi) is 4.60. The van der Waals surface area contributed by atoms with Gasteiger partial charge in [0, 0.05) is 22.9 Å². The Bertz CT molecular complexity index is 942. The maximum absolute atomic E-state index is 11.2. The number of pyridine rings is 1. The zero-order valence-electron chi connectivity index (χ0n) is 14.9. The molecule has 0 bridgehead atoms. The molecule has 0 amide bonds. The van der Waals surface area contributed by atoms with Gasteiger partial charge in [0.25, 0.3) is 0 Å². The van der Waals surface area contributed by atoms with Gasteiger partial charge in [-0.25, -0.2) is 4.98 Å². The molecule has 0 spiro atoms. The van der Waals surface area contributed by atoms with Crippen LogP contribution in [0.5, 0.6) is 0 Å². The Morgan fingerprint density at radius 2 is 2.00 bits per heavy atom. The zero-order valence-corrected chi connectivity index (χ0v) is 15.6. The van der Waals surface area contributed by atoms with Gasteiger partial charge in [-0.15, -0.1) is 0 Å². The number of aryl methyl sites for hydroxylation is 1. The summed E-state index contributed by atoms with van der Waals surface area (Å²) in [7, 11) is 0. The third-order valence-corrected chi connectivity index (χ3v) is 5.60. The lowest BCUT2D eigenvalue weighted by atomic mass is 9.77. The molecule has 3 aromatic rings. The third-order valence-electron chi connectivity index (χ3n) is 5.36. The van der Waals surface area contributed by atoms with Crippen LogP contribution in [0.15, 0.2) is 54.6 Å². The van der Waals surface area contributed by atoms with E-state index < -0.39 is 5.60 Å². The van der Waals surface area contributed by atoms with Gasteiger partial charge in [-0.05, 0) is 61.6 Å². The molecule has 2 N–H and O–H groups in total. The highest BCUT2D eigenvalue weighted by Crippen LogP contribution is 2.39. The number of aliphatic hydroxyl groups is 1. The van der Waals surface area contributed by atoms with Crippen LogP contribution in [0.3, 0.4) is 0 Å². The Labute approximate surface area is 159 Å². The van der Waals surface area contributed by atoms with E-state index in [0.717, 1.165) is 36.2 Å². The largest absolute Gasteiger partial charge is 0.385 e. The van der Waals surface area contributed by atoms with Crippen LogP contribution < -0.4 is 5.32 Å². The molecule has 1 unspecified atom stereocenters. The van der Waals surface area contributed by atoms with Crippen molar-refractivity contribution in [3.8, 4) is 0 Å². The quantitative estimate of drug-likeness (QED) is 0.648. The van der Waals surface area contributed by atoms with Gasteiger partial charge in [0.2, 0.25) is 0 Å². The van der Waals surface area contributed by atoms with E-state index in [1.54, 1.807) is 0 Å². The molecule has 0 aliphatic heterocycles. The molecule has 1 aliphatic carbocycles. The fourth-order valence-corrected chi connectivity index (χ4v) is 4.24. The number of hydrogen-bond donors (Lipinski definition) is 2. The minimum absolute atomic E-state index is 0.181. The summed E-state index contributed by atoms with van der Waals surface area (Å²) in [6.07, 6.45) is 3.40. The molecule has 26 heavy (non-hydrogen) atoms. The molecule has 1 aliphatic rings. The molecule has 4 rings (SSSR count). The summed E-state index contributed by atoms with van der Waals surface area (Å²) in [6, 6.07) is 18.0. The second-order valence-electron chi connectivity index (χ2n) is 7.32. The number of nitrogens with zero attached hydrogens (tertiary/aromatic N) is 1. The van der Waals surface area contributed by atoms with Crippen LogP contribution in [0.1, 0.15) is 36.8 Å². The molecule has 1 fully saturated rings. The summed E-state index contributed by atoms with van der Waals surface area (Å²) in [5.74, 6) is 0.876. The first-order valence-corrected chi connectivity index (χ1v) is 9.53. The Balaban J connectivity index is 1.57. The normalized spacial score (nSPS) is 23.1. The summed E-state index contributed by atoms with van der Waals surface area (Å²) in [6.45, 7) is 2.11. The molecule has 0 saturated heterocycles. The van der Waals surface area contributed by atoms with Gasteiger partial charge in [0.05, 0.1) is 11.1 Å². The van der Waals surface area contributed by atoms with Gasteiger partial charge in [-0.3, -0.25) is 0 Å². The fraction of sp³-hybridized carbons (Fsp3) is 0.318. The lowest BCUT2D eigenvalue weighted by Crippen LogP contribution is -2.38. The third kappa shape index (κ3) is 3.42. The maximum Gasteiger partial charge on any atom is 0.127 e. The molecular weight excluding hydrogens is 344 g/mol. The average molecular weight is 367 g/mol. The zero-order chi connectivity index (χ0) is 18.1. The van der Waals surface area contributed by atoms with E-state index in [1.165, 1.54) is 10.9 Å². The number of fused-ring (bicyclic) bond motifs is 1. The highest BCUT2D eigenvalue weighted by molar-refractivity contribution is 6.30. The van der Waals surface area contributed by atoms with Crippen molar-refractivity contribution in [2.75, 3.05) is 5.32 Å². The second-order valence-corrected chi connectivity index (χ2v) is 7.76. The molecule has 3 nitrogen and oxygen atoms in total. The number of benzene rings is 2. The first-order valence-electron chi connectivity index (χ1n) is 9.15. The summed E-state index contributed by atoms with van der Waals surface area (Å²) < 4.78 is 0. The number of nitrogens with one attached hydrogen (secondary N) is 1. The van der Waals surface area contributed by atoms with Crippen LogP contribution in [-0.2, 0) is 5.60 Å². The Morgan fingerprint density at radius 1 is 1.15 bits per heavy atom. The number of aromatic nitrogens is 1. The highest BCUT2D eigenvalue weighted by atomic mass is 35.5. The number of rotatable bonds is 3. The average Bonchev–Trinajstić information content (AvgIpc) is 2.62. The lowest BCUT2D eigenvalue weighted by molar-refractivity contribution is -0.00470. The fourth-order valence-electron chi connectivity index (χ4n) is 4.05. The van der Waals surface area contributed by atoms with Crippen molar-refractivity contribution in [2.45, 2.75) is 44.2 Å². The van der Waals surface area contributed by atoms with E-state index in [1.807, 2.05) is 42.5 Å². The SMILES string of the molecule is Cc1cc(NC2CCC[C@](O)(c3cccc(Cl)c3)C2)nc2ccccc12. The van der Waals surface area contributed by atoms with Crippen molar-refractivity contribution in [2.24, 2.45) is 0 Å². The van der Waals surface area contributed by atoms with Crippen molar-refractivity contribution in [3.05, 3.63) is 70.7 Å². The number of hydrogen-bond acceptors (Lipinski definition) is 3. The first-order chi connectivity index (χ1) is 12.5. The standard InChI is InChI=1S/C22H23ClN2O/c1-15-12-21(25-20-10-3-2-9-19(15)20)24-18-8-5-11-22(26,14-18)16-6-4-7-17(23)13-16/h2-4,6-7,9-10,12-13,18,26H,5,8,11,14H2,1H3,(H,24,25)/t18?,22-/m1/s1. The predicted molar refractivity (Wildman–Crippen MR) is 108 cm³/mol. The van der Waals surface area contributed by atoms with Crippen molar-refractivity contribution < 1.29 is 5.11 Å². The van der Waals surface area contributed by atoms with E-state index >= 15 is 0 Å².